The van der Waals surface area contributed by atoms with E-state index >= 15 is 0 Å². The number of aryl methyl sites for hydroxylation is 1. The molecule has 0 aliphatic heterocycles. The van der Waals surface area contributed by atoms with Crippen molar-refractivity contribution in [2.24, 2.45) is 5.92 Å². The number of aliphatic carboxylic acids is 1. The highest BCUT2D eigenvalue weighted by Gasteiger charge is 2.31. The van der Waals surface area contributed by atoms with Gasteiger partial charge in [-0.15, -0.1) is 13.2 Å². The Kier molecular flexibility index (Phi) is 6.44. The molecule has 0 aromatic heterocycles. The van der Waals surface area contributed by atoms with Crippen molar-refractivity contribution >= 4 is 17.6 Å². The molecular weight excluding hydrogens is 363 g/mol. The highest BCUT2D eigenvalue weighted by Crippen LogP contribution is 2.24. The molecule has 0 spiro atoms. The summed E-state index contributed by atoms with van der Waals surface area (Å²) in [5.74, 6) is -3.38. The predicted octanol–water partition coefficient (Wildman–Crippen LogP) is 2.83. The van der Waals surface area contributed by atoms with Crippen LogP contribution in [-0.2, 0) is 16.0 Å². The average Bonchev–Trinajstić information content (AvgIpc) is 2.56. The summed E-state index contributed by atoms with van der Waals surface area (Å²) in [6, 6.07) is 11.8. The van der Waals surface area contributed by atoms with E-state index in [1.807, 2.05) is 19.1 Å². The summed E-state index contributed by atoms with van der Waals surface area (Å²) in [6.45, 7) is 1.90. The number of carboxylic acids is 1. The van der Waals surface area contributed by atoms with E-state index in [-0.39, 0.29) is 18.5 Å². The summed E-state index contributed by atoms with van der Waals surface area (Å²) >= 11 is 0. The minimum atomic E-state index is -4.80. The lowest BCUT2D eigenvalue weighted by Gasteiger charge is -2.18. The summed E-state index contributed by atoms with van der Waals surface area (Å²) < 4.78 is 40.1. The highest BCUT2D eigenvalue weighted by molar-refractivity contribution is 5.93. The monoisotopic (exact) mass is 380 g/mol. The molecular formula is C19H17F3NO4-. The minimum absolute atomic E-state index is 0.133. The number of hydrogen-bond acceptors (Lipinski definition) is 4. The van der Waals surface area contributed by atoms with Gasteiger partial charge in [-0.25, -0.2) is 0 Å². The molecule has 1 atom stereocenters. The van der Waals surface area contributed by atoms with Gasteiger partial charge in [-0.2, -0.15) is 0 Å². The number of hydrogen-bond donors (Lipinski definition) is 1. The first kappa shape index (κ1) is 20.3. The third-order valence-corrected chi connectivity index (χ3v) is 3.74. The summed E-state index contributed by atoms with van der Waals surface area (Å²) in [6.07, 6.45) is -4.99. The topological polar surface area (TPSA) is 78.5 Å². The summed E-state index contributed by atoms with van der Waals surface area (Å²) in [4.78, 5) is 23.4. The molecule has 0 fully saturated rings. The summed E-state index contributed by atoms with van der Waals surface area (Å²) in [7, 11) is 0. The van der Waals surface area contributed by atoms with Crippen LogP contribution in [0.25, 0.3) is 0 Å². The van der Waals surface area contributed by atoms with Crippen LogP contribution in [0, 0.1) is 12.8 Å². The predicted molar refractivity (Wildman–Crippen MR) is 89.8 cm³/mol. The van der Waals surface area contributed by atoms with Gasteiger partial charge in [-0.05, 0) is 43.2 Å². The standard InChI is InChI=1S/C19H18F3NO4/c1-12-2-4-13(5-3-12)10-14(18(25)26)11-17(24)23-15-6-8-16(9-7-15)27-19(20,21)22/h2-9,14H,10-11H2,1H3,(H,23,24)(H,25,26)/p-1/t14-/m1/s1. The third kappa shape index (κ3) is 7.01. The van der Waals surface area contributed by atoms with Crippen molar-refractivity contribution in [1.29, 1.82) is 0 Å². The van der Waals surface area contributed by atoms with E-state index in [0.717, 1.165) is 23.3 Å². The molecule has 2 rings (SSSR count). The zero-order valence-corrected chi connectivity index (χ0v) is 14.4. The number of carbonyl (C=O) groups excluding carboxylic acids is 2. The molecule has 2 aromatic rings. The fourth-order valence-corrected chi connectivity index (χ4v) is 2.42. The van der Waals surface area contributed by atoms with Gasteiger partial charge in [0.25, 0.3) is 0 Å². The number of anilines is 1. The van der Waals surface area contributed by atoms with Gasteiger partial charge in [0, 0.05) is 24.0 Å². The number of nitrogens with one attached hydrogen (secondary N) is 1. The largest absolute Gasteiger partial charge is 0.573 e. The Bertz CT molecular complexity index is 786. The van der Waals surface area contributed by atoms with Gasteiger partial charge in [0.1, 0.15) is 5.75 Å². The van der Waals surface area contributed by atoms with Gasteiger partial charge < -0.3 is 20.0 Å². The first-order chi connectivity index (χ1) is 12.6. The van der Waals surface area contributed by atoms with Gasteiger partial charge in [0.15, 0.2) is 0 Å². The average molecular weight is 380 g/mol. The molecule has 27 heavy (non-hydrogen) atoms. The molecule has 1 N–H and O–H groups in total. The van der Waals surface area contributed by atoms with Crippen LogP contribution in [0.2, 0.25) is 0 Å². The molecule has 0 aliphatic carbocycles. The maximum atomic E-state index is 12.1. The lowest BCUT2D eigenvalue weighted by molar-refractivity contribution is -0.311. The Morgan fingerprint density at radius 3 is 2.19 bits per heavy atom. The molecule has 0 aliphatic rings. The van der Waals surface area contributed by atoms with Crippen LogP contribution in [0.1, 0.15) is 17.5 Å². The van der Waals surface area contributed by atoms with E-state index < -0.39 is 29.9 Å². The Morgan fingerprint density at radius 2 is 1.67 bits per heavy atom. The van der Waals surface area contributed by atoms with Crippen LogP contribution in [0.15, 0.2) is 48.5 Å². The first-order valence-corrected chi connectivity index (χ1v) is 8.04. The molecule has 1 amide bonds. The second-order valence-corrected chi connectivity index (χ2v) is 6.03. The van der Waals surface area contributed by atoms with Gasteiger partial charge in [-0.3, -0.25) is 4.79 Å². The summed E-state index contributed by atoms with van der Waals surface area (Å²) in [5, 5.41) is 13.8. The van der Waals surface area contributed by atoms with Crippen LogP contribution in [0.5, 0.6) is 5.75 Å². The second kappa shape index (κ2) is 8.57. The Labute approximate surface area is 153 Å². The zero-order chi connectivity index (χ0) is 20.0. The van der Waals surface area contributed by atoms with Gasteiger partial charge >= 0.3 is 6.36 Å². The number of amides is 1. The lowest BCUT2D eigenvalue weighted by Crippen LogP contribution is -2.35. The van der Waals surface area contributed by atoms with Crippen LogP contribution in [-0.4, -0.2) is 18.2 Å². The number of rotatable bonds is 7. The van der Waals surface area contributed by atoms with E-state index in [1.165, 1.54) is 12.1 Å². The number of carbonyl (C=O) groups is 2. The molecule has 0 bridgehead atoms. The minimum Gasteiger partial charge on any atom is -0.550 e. The zero-order valence-electron chi connectivity index (χ0n) is 14.4. The van der Waals surface area contributed by atoms with Crippen molar-refractivity contribution in [2.45, 2.75) is 26.1 Å². The van der Waals surface area contributed by atoms with Gasteiger partial charge in [0.05, 0.1) is 0 Å². The van der Waals surface area contributed by atoms with Crippen molar-refractivity contribution < 1.29 is 32.6 Å². The molecule has 0 heterocycles. The van der Waals surface area contributed by atoms with Gasteiger partial charge in [-0.1, -0.05) is 29.8 Å². The third-order valence-electron chi connectivity index (χ3n) is 3.74. The Balaban J connectivity index is 1.95. The van der Waals surface area contributed by atoms with Gasteiger partial charge in [0.2, 0.25) is 5.91 Å². The smallest absolute Gasteiger partial charge is 0.550 e. The molecule has 0 saturated carbocycles. The molecule has 2 aromatic carbocycles. The number of halogens is 3. The number of ether oxygens (including phenoxy) is 1. The maximum Gasteiger partial charge on any atom is 0.573 e. The Morgan fingerprint density at radius 1 is 1.07 bits per heavy atom. The van der Waals surface area contributed by atoms with Crippen molar-refractivity contribution in [2.75, 3.05) is 5.32 Å². The Hall–Kier alpha value is -3.03. The number of carboxylic acid groups (broad SMARTS) is 1. The van der Waals surface area contributed by atoms with E-state index in [4.69, 9.17) is 0 Å². The lowest BCUT2D eigenvalue weighted by atomic mass is 9.95. The SMILES string of the molecule is Cc1ccc(C[C@H](CC(=O)Nc2ccc(OC(F)(F)F)cc2)C(=O)[O-])cc1. The van der Waals surface area contributed by atoms with E-state index in [1.54, 1.807) is 12.1 Å². The first-order valence-electron chi connectivity index (χ1n) is 8.04. The summed E-state index contributed by atoms with van der Waals surface area (Å²) in [5.41, 5.74) is 2.01. The quantitative estimate of drug-likeness (QED) is 0.801. The van der Waals surface area contributed by atoms with Crippen LogP contribution >= 0.6 is 0 Å². The van der Waals surface area contributed by atoms with Crippen LogP contribution in [0.3, 0.4) is 0 Å². The van der Waals surface area contributed by atoms with E-state index in [0.29, 0.717) is 0 Å². The fraction of sp³-hybridized carbons (Fsp3) is 0.263. The molecule has 0 radical (unpaired) electrons. The van der Waals surface area contributed by atoms with Crippen molar-refractivity contribution in [1.82, 2.24) is 0 Å². The molecule has 8 heteroatoms. The molecule has 0 saturated heterocycles. The van der Waals surface area contributed by atoms with Crippen LogP contribution in [0.4, 0.5) is 18.9 Å². The second-order valence-electron chi connectivity index (χ2n) is 6.03. The van der Waals surface area contributed by atoms with E-state index in [9.17, 15) is 27.9 Å². The number of alkyl halides is 3. The van der Waals surface area contributed by atoms with E-state index in [2.05, 4.69) is 10.1 Å². The van der Waals surface area contributed by atoms with Crippen molar-refractivity contribution in [3.63, 3.8) is 0 Å². The van der Waals surface area contributed by atoms with Crippen molar-refractivity contribution in [3.05, 3.63) is 59.7 Å². The molecule has 0 unspecified atom stereocenters. The van der Waals surface area contributed by atoms with Crippen molar-refractivity contribution in [3.8, 4) is 5.75 Å². The molecule has 144 valence electrons. The maximum absolute atomic E-state index is 12.1. The van der Waals surface area contributed by atoms with Crippen LogP contribution < -0.4 is 15.2 Å². The normalized spacial score (nSPS) is 12.3. The molecule has 5 nitrogen and oxygen atoms in total. The fourth-order valence-electron chi connectivity index (χ4n) is 2.42. The number of benzene rings is 2. The highest BCUT2D eigenvalue weighted by atomic mass is 19.4.